The smallest absolute Gasteiger partial charge is 0.0852 e. The van der Waals surface area contributed by atoms with E-state index < -0.39 is 10.8 Å². The van der Waals surface area contributed by atoms with Gasteiger partial charge in [-0.15, -0.1) is 0 Å². The third kappa shape index (κ3) is 4.71. The van der Waals surface area contributed by atoms with E-state index in [1.165, 1.54) is 5.56 Å². The molecule has 0 aliphatic carbocycles. The first-order valence-electron chi connectivity index (χ1n) is 8.44. The summed E-state index contributed by atoms with van der Waals surface area (Å²) in [7, 11) is -1.18. The van der Waals surface area contributed by atoms with Crippen molar-refractivity contribution in [1.82, 2.24) is 0 Å². The largest absolute Gasteiger partial charge is 0.326 e. The Morgan fingerprint density at radius 2 is 1.79 bits per heavy atom. The van der Waals surface area contributed by atoms with Crippen LogP contribution in [0, 0.1) is 6.92 Å². The van der Waals surface area contributed by atoms with Crippen molar-refractivity contribution in [2.24, 2.45) is 5.73 Å². The van der Waals surface area contributed by atoms with Gasteiger partial charge in [0.15, 0.2) is 0 Å². The quantitative estimate of drug-likeness (QED) is 0.713. The lowest BCUT2D eigenvalue weighted by Crippen LogP contribution is -2.27. The maximum Gasteiger partial charge on any atom is 0.0852 e. The Morgan fingerprint density at radius 1 is 1.12 bits per heavy atom. The minimum Gasteiger partial charge on any atom is -0.326 e. The summed E-state index contributed by atoms with van der Waals surface area (Å²) < 4.78 is 13.1. The Morgan fingerprint density at radius 3 is 2.42 bits per heavy atom. The van der Waals surface area contributed by atoms with Crippen LogP contribution in [0.15, 0.2) is 58.3 Å². The zero-order chi connectivity index (χ0) is 17.5. The second kappa shape index (κ2) is 9.40. The Labute approximate surface area is 152 Å². The molecule has 2 aromatic carbocycles. The molecule has 0 heterocycles. The van der Waals surface area contributed by atoms with Crippen molar-refractivity contribution in [1.29, 1.82) is 0 Å². The van der Waals surface area contributed by atoms with Gasteiger partial charge in [0.1, 0.15) is 0 Å². The molecule has 0 fully saturated rings. The Balaban J connectivity index is 2.34. The molecule has 2 rings (SSSR count). The highest BCUT2D eigenvalue weighted by Crippen LogP contribution is 2.36. The van der Waals surface area contributed by atoms with Crippen LogP contribution in [-0.4, -0.2) is 16.5 Å². The monoisotopic (exact) mass is 361 g/mol. The number of nitrogens with two attached hydrogens (primary N) is 1. The summed E-state index contributed by atoms with van der Waals surface area (Å²) in [5, 5.41) is 0.169. The van der Waals surface area contributed by atoms with Gasteiger partial charge in [0.2, 0.25) is 0 Å². The summed E-state index contributed by atoms with van der Waals surface area (Å²) in [5.74, 6) is 0. The van der Waals surface area contributed by atoms with Gasteiger partial charge < -0.3 is 5.73 Å². The van der Waals surface area contributed by atoms with Crippen molar-refractivity contribution in [3.8, 4) is 0 Å². The first kappa shape index (κ1) is 19.2. The fourth-order valence-corrected chi connectivity index (χ4v) is 5.07. The average Bonchev–Trinajstić information content (AvgIpc) is 2.61. The lowest BCUT2D eigenvalue weighted by molar-refractivity contribution is 0.562. The first-order valence-corrected chi connectivity index (χ1v) is 10.9. The van der Waals surface area contributed by atoms with Crippen LogP contribution in [0.4, 0.5) is 0 Å². The van der Waals surface area contributed by atoms with Crippen LogP contribution >= 0.6 is 11.8 Å². The molecule has 3 atom stereocenters. The molecule has 0 bridgehead atoms. The summed E-state index contributed by atoms with van der Waals surface area (Å²) in [4.78, 5) is 1.72. The number of rotatable bonds is 8. The second-order valence-electron chi connectivity index (χ2n) is 6.08. The van der Waals surface area contributed by atoms with E-state index in [4.69, 9.17) is 5.73 Å². The summed E-state index contributed by atoms with van der Waals surface area (Å²) >= 11 is 1.75. The van der Waals surface area contributed by atoms with Crippen LogP contribution in [0.1, 0.15) is 42.6 Å². The molecule has 2 N–H and O–H groups in total. The molecule has 4 heteroatoms. The van der Waals surface area contributed by atoms with Gasteiger partial charge in [-0.2, -0.15) is 11.8 Å². The SMILES string of the molecule is CCCC[C@@H](N)[C@@H](SC)c1ccccc1[S@@](=O)c1ccc(C)cc1. The van der Waals surface area contributed by atoms with E-state index in [2.05, 4.69) is 19.2 Å². The minimum atomic E-state index is -1.18. The summed E-state index contributed by atoms with van der Waals surface area (Å²) in [6.45, 7) is 4.22. The van der Waals surface area contributed by atoms with E-state index >= 15 is 0 Å². The molecular weight excluding hydrogens is 334 g/mol. The van der Waals surface area contributed by atoms with Crippen LogP contribution < -0.4 is 5.73 Å². The topological polar surface area (TPSA) is 43.1 Å². The van der Waals surface area contributed by atoms with Crippen LogP contribution in [0.2, 0.25) is 0 Å². The molecule has 0 spiro atoms. The normalized spacial score (nSPS) is 15.0. The molecule has 0 aliphatic heterocycles. The summed E-state index contributed by atoms with van der Waals surface area (Å²) in [6, 6.07) is 16.0. The summed E-state index contributed by atoms with van der Waals surface area (Å²) in [6.07, 6.45) is 5.35. The van der Waals surface area contributed by atoms with Crippen molar-refractivity contribution in [2.75, 3.05) is 6.26 Å². The van der Waals surface area contributed by atoms with Crippen LogP contribution in [0.5, 0.6) is 0 Å². The van der Waals surface area contributed by atoms with E-state index in [-0.39, 0.29) is 11.3 Å². The Bertz CT molecular complexity index is 670. The van der Waals surface area contributed by atoms with Gasteiger partial charge >= 0.3 is 0 Å². The molecule has 0 aliphatic rings. The fourth-order valence-electron chi connectivity index (χ4n) is 2.80. The fraction of sp³-hybridized carbons (Fsp3) is 0.400. The zero-order valence-electron chi connectivity index (χ0n) is 14.7. The van der Waals surface area contributed by atoms with E-state index in [0.29, 0.717) is 0 Å². The second-order valence-corrected chi connectivity index (χ2v) is 8.51. The van der Waals surface area contributed by atoms with Crippen molar-refractivity contribution in [3.05, 3.63) is 59.7 Å². The molecule has 0 amide bonds. The molecule has 0 radical (unpaired) electrons. The highest BCUT2D eigenvalue weighted by Gasteiger charge is 2.23. The number of hydrogen-bond acceptors (Lipinski definition) is 3. The van der Waals surface area contributed by atoms with Gasteiger partial charge in [0, 0.05) is 21.1 Å². The molecule has 130 valence electrons. The molecule has 0 saturated heterocycles. The van der Waals surface area contributed by atoms with Gasteiger partial charge in [-0.3, -0.25) is 0 Å². The molecule has 0 aromatic heterocycles. The number of unbranched alkanes of at least 4 members (excludes halogenated alkanes) is 1. The molecule has 0 saturated carbocycles. The van der Waals surface area contributed by atoms with Gasteiger partial charge in [-0.05, 0) is 43.4 Å². The molecule has 2 aromatic rings. The maximum atomic E-state index is 13.1. The van der Waals surface area contributed by atoms with E-state index in [0.717, 1.165) is 34.6 Å². The van der Waals surface area contributed by atoms with Crippen LogP contribution in [0.3, 0.4) is 0 Å². The van der Waals surface area contributed by atoms with Gasteiger partial charge in [0.25, 0.3) is 0 Å². The predicted octanol–water partition coefficient (Wildman–Crippen LogP) is 5.08. The highest BCUT2D eigenvalue weighted by molar-refractivity contribution is 7.98. The van der Waals surface area contributed by atoms with Crippen molar-refractivity contribution in [3.63, 3.8) is 0 Å². The number of hydrogen-bond donors (Lipinski definition) is 1. The van der Waals surface area contributed by atoms with Crippen molar-refractivity contribution in [2.45, 2.75) is 54.2 Å². The predicted molar refractivity (Wildman–Crippen MR) is 106 cm³/mol. The Kier molecular flexibility index (Phi) is 7.53. The third-order valence-electron chi connectivity index (χ3n) is 4.19. The number of benzene rings is 2. The first-order chi connectivity index (χ1) is 11.6. The van der Waals surface area contributed by atoms with Gasteiger partial charge in [-0.25, -0.2) is 4.21 Å². The summed E-state index contributed by atoms with van der Waals surface area (Å²) in [5.41, 5.74) is 8.73. The van der Waals surface area contributed by atoms with Crippen LogP contribution in [0.25, 0.3) is 0 Å². The highest BCUT2D eigenvalue weighted by atomic mass is 32.2. The number of thioether (sulfide) groups is 1. The van der Waals surface area contributed by atoms with E-state index in [9.17, 15) is 4.21 Å². The average molecular weight is 362 g/mol. The van der Waals surface area contributed by atoms with Crippen molar-refractivity contribution < 1.29 is 4.21 Å². The van der Waals surface area contributed by atoms with E-state index in [1.807, 2.05) is 49.4 Å². The molecular formula is C20H27NOS2. The van der Waals surface area contributed by atoms with Crippen molar-refractivity contribution >= 4 is 22.6 Å². The van der Waals surface area contributed by atoms with Crippen LogP contribution in [-0.2, 0) is 10.8 Å². The maximum absolute atomic E-state index is 13.1. The molecule has 0 unspecified atom stereocenters. The van der Waals surface area contributed by atoms with E-state index in [1.54, 1.807) is 11.8 Å². The molecule has 24 heavy (non-hydrogen) atoms. The Hall–Kier alpha value is -1.10. The van der Waals surface area contributed by atoms with Gasteiger partial charge in [-0.1, -0.05) is 55.7 Å². The minimum absolute atomic E-state index is 0.0797. The molecule has 2 nitrogen and oxygen atoms in total. The lowest BCUT2D eigenvalue weighted by Gasteiger charge is -2.24. The zero-order valence-corrected chi connectivity index (χ0v) is 16.3. The van der Waals surface area contributed by atoms with Gasteiger partial charge in [0.05, 0.1) is 10.8 Å². The lowest BCUT2D eigenvalue weighted by atomic mass is 10.0. The standard InChI is InChI=1S/C20H27NOS2/c1-4-5-9-18(21)20(23-3)17-8-6-7-10-19(17)24(22)16-13-11-15(2)12-14-16/h6-8,10-14,18,20H,4-5,9,21H2,1-3H3/t18-,20+,24+/m1/s1. The number of aryl methyl sites for hydroxylation is 1. The third-order valence-corrected chi connectivity index (χ3v) is 6.78.